The molecule has 0 fully saturated rings. The lowest BCUT2D eigenvalue weighted by Crippen LogP contribution is -2.18. The Morgan fingerprint density at radius 1 is 0.645 bits per heavy atom. The summed E-state index contributed by atoms with van der Waals surface area (Å²) in [6, 6.07) is 16.9. The first kappa shape index (κ1) is 22.8. The topological polar surface area (TPSA) is 92.3 Å². The number of rotatable bonds is 6. The molecule has 0 saturated carbocycles. The van der Waals surface area contributed by atoms with Gasteiger partial charge in [0.1, 0.15) is 5.82 Å². The van der Waals surface area contributed by atoms with Gasteiger partial charge in [0.05, 0.1) is 21.2 Å². The fourth-order valence-electron chi connectivity index (χ4n) is 2.82. The predicted molar refractivity (Wildman–Crippen MR) is 120 cm³/mol. The largest absolute Gasteiger partial charge is 0.277 e. The van der Waals surface area contributed by atoms with E-state index in [-0.39, 0.29) is 26.6 Å². The Morgan fingerprint density at radius 3 is 1.42 bits per heavy atom. The minimum Gasteiger partial charge on any atom is -0.277 e. The highest BCUT2D eigenvalue weighted by Gasteiger charge is 2.21. The molecule has 31 heavy (non-hydrogen) atoms. The maximum absolute atomic E-state index is 13.1. The van der Waals surface area contributed by atoms with Gasteiger partial charge >= 0.3 is 0 Å². The molecule has 3 aromatic carbocycles. The number of sulfonamides is 2. The average molecular weight is 463 g/mol. The lowest BCUT2D eigenvalue weighted by molar-refractivity contribution is 0.587. The van der Waals surface area contributed by atoms with Crippen LogP contribution in [0.5, 0.6) is 0 Å². The van der Waals surface area contributed by atoms with E-state index in [1.807, 2.05) is 20.8 Å². The van der Waals surface area contributed by atoms with Crippen molar-refractivity contribution in [3.8, 4) is 0 Å². The monoisotopic (exact) mass is 462 g/mol. The number of benzene rings is 3. The third-order valence-corrected chi connectivity index (χ3v) is 7.33. The van der Waals surface area contributed by atoms with Gasteiger partial charge in [-0.15, -0.1) is 0 Å². The van der Waals surface area contributed by atoms with Crippen LogP contribution in [0.25, 0.3) is 0 Å². The van der Waals surface area contributed by atoms with Gasteiger partial charge in [0.15, 0.2) is 0 Å². The van der Waals surface area contributed by atoms with E-state index < -0.39 is 25.9 Å². The maximum Gasteiger partial charge on any atom is 0.261 e. The fraction of sp³-hybridized carbons (Fsp3) is 0.182. The molecule has 0 aliphatic rings. The summed E-state index contributed by atoms with van der Waals surface area (Å²) < 4.78 is 68.8. The molecule has 0 amide bonds. The van der Waals surface area contributed by atoms with E-state index in [1.165, 1.54) is 24.3 Å². The summed E-state index contributed by atoms with van der Waals surface area (Å²) in [5, 5.41) is 0. The summed E-state index contributed by atoms with van der Waals surface area (Å²) in [6.07, 6.45) is 0. The first-order chi connectivity index (χ1) is 14.4. The summed E-state index contributed by atoms with van der Waals surface area (Å²) in [5.41, 5.74) is 0.967. The van der Waals surface area contributed by atoms with Crippen molar-refractivity contribution in [2.45, 2.75) is 36.0 Å². The average Bonchev–Trinajstić information content (AvgIpc) is 2.69. The van der Waals surface area contributed by atoms with E-state index in [1.54, 1.807) is 24.3 Å². The molecular formula is C22H23FN2O4S2. The number of para-hydroxylation sites is 2. The summed E-state index contributed by atoms with van der Waals surface area (Å²) in [6.45, 7) is 6.08. The first-order valence-electron chi connectivity index (χ1n) is 9.39. The van der Waals surface area contributed by atoms with Gasteiger partial charge < -0.3 is 0 Å². The Hall–Kier alpha value is -2.91. The quantitative estimate of drug-likeness (QED) is 0.554. The van der Waals surface area contributed by atoms with Crippen LogP contribution in [-0.4, -0.2) is 16.8 Å². The van der Waals surface area contributed by atoms with Crippen LogP contribution in [0, 0.1) is 5.82 Å². The molecule has 0 radical (unpaired) electrons. The normalized spacial score (nSPS) is 12.4. The summed E-state index contributed by atoms with van der Waals surface area (Å²) in [7, 11) is -8.00. The van der Waals surface area contributed by atoms with E-state index in [4.69, 9.17) is 0 Å². The molecule has 9 heteroatoms. The molecule has 0 atom stereocenters. The molecule has 6 nitrogen and oxygen atoms in total. The highest BCUT2D eigenvalue weighted by molar-refractivity contribution is 7.93. The minimum atomic E-state index is -4.05. The van der Waals surface area contributed by atoms with Crippen molar-refractivity contribution in [3.63, 3.8) is 0 Å². The van der Waals surface area contributed by atoms with E-state index >= 15 is 0 Å². The number of hydrogen-bond donors (Lipinski definition) is 2. The van der Waals surface area contributed by atoms with Crippen LogP contribution in [0.1, 0.15) is 26.3 Å². The van der Waals surface area contributed by atoms with E-state index in [9.17, 15) is 21.2 Å². The van der Waals surface area contributed by atoms with Crippen molar-refractivity contribution in [3.05, 3.63) is 84.2 Å². The van der Waals surface area contributed by atoms with E-state index in [0.717, 1.165) is 29.8 Å². The second-order valence-corrected chi connectivity index (χ2v) is 11.3. The minimum absolute atomic E-state index is 0.0433. The fourth-order valence-corrected chi connectivity index (χ4v) is 4.98. The lowest BCUT2D eigenvalue weighted by atomic mass is 9.87. The standard InChI is InChI=1S/C22H23FN2O4S2/c1-22(2,3)16-8-12-18(13-9-16)30(26,27)24-20-6-4-5-7-21(20)25-31(28,29)19-14-10-17(23)11-15-19/h4-15,24-25H,1-3H3. The van der Waals surface area contributed by atoms with Gasteiger partial charge in [-0.25, -0.2) is 21.2 Å². The molecule has 0 heterocycles. The zero-order valence-electron chi connectivity index (χ0n) is 17.3. The Kier molecular flexibility index (Phi) is 6.11. The van der Waals surface area contributed by atoms with Gasteiger partial charge in [0, 0.05) is 0 Å². The highest BCUT2D eigenvalue weighted by Crippen LogP contribution is 2.28. The van der Waals surface area contributed by atoms with Gasteiger partial charge in [-0.05, 0) is 59.5 Å². The molecule has 0 unspecified atom stereocenters. The third kappa shape index (κ3) is 5.42. The summed E-state index contributed by atoms with van der Waals surface area (Å²) >= 11 is 0. The van der Waals surface area contributed by atoms with Crippen LogP contribution < -0.4 is 9.44 Å². The maximum atomic E-state index is 13.1. The summed E-state index contributed by atoms with van der Waals surface area (Å²) in [4.78, 5) is -0.0963. The van der Waals surface area contributed by atoms with Crippen LogP contribution in [0.3, 0.4) is 0 Å². The van der Waals surface area contributed by atoms with Crippen LogP contribution in [0.15, 0.2) is 82.6 Å². The SMILES string of the molecule is CC(C)(C)c1ccc(S(=O)(=O)Nc2ccccc2NS(=O)(=O)c2ccc(F)cc2)cc1. The predicted octanol–water partition coefficient (Wildman–Crippen LogP) is 4.72. The smallest absolute Gasteiger partial charge is 0.261 e. The Balaban J connectivity index is 1.89. The summed E-state index contributed by atoms with van der Waals surface area (Å²) in [5.74, 6) is -0.565. The lowest BCUT2D eigenvalue weighted by Gasteiger charge is -2.19. The Labute approximate surface area is 182 Å². The molecule has 0 aliphatic carbocycles. The van der Waals surface area contributed by atoms with Crippen LogP contribution in [0.2, 0.25) is 0 Å². The number of nitrogens with one attached hydrogen (secondary N) is 2. The van der Waals surface area contributed by atoms with Gasteiger partial charge in [-0.2, -0.15) is 0 Å². The van der Waals surface area contributed by atoms with E-state index in [0.29, 0.717) is 0 Å². The van der Waals surface area contributed by atoms with Crippen LogP contribution in [-0.2, 0) is 25.5 Å². The Morgan fingerprint density at radius 2 is 1.03 bits per heavy atom. The van der Waals surface area contributed by atoms with Gasteiger partial charge in [-0.1, -0.05) is 45.0 Å². The zero-order valence-corrected chi connectivity index (χ0v) is 18.9. The molecular weight excluding hydrogens is 439 g/mol. The van der Waals surface area contributed by atoms with Crippen molar-refractivity contribution < 1.29 is 21.2 Å². The van der Waals surface area contributed by atoms with E-state index in [2.05, 4.69) is 9.44 Å². The second kappa shape index (κ2) is 8.32. The molecule has 164 valence electrons. The van der Waals surface area contributed by atoms with Crippen molar-refractivity contribution in [2.24, 2.45) is 0 Å². The van der Waals surface area contributed by atoms with Gasteiger partial charge in [0.2, 0.25) is 0 Å². The first-order valence-corrected chi connectivity index (χ1v) is 12.4. The molecule has 3 aromatic rings. The molecule has 0 bridgehead atoms. The van der Waals surface area contributed by atoms with Crippen LogP contribution >= 0.6 is 0 Å². The number of anilines is 2. The number of hydrogen-bond acceptors (Lipinski definition) is 4. The molecule has 0 aromatic heterocycles. The highest BCUT2D eigenvalue weighted by atomic mass is 32.2. The van der Waals surface area contributed by atoms with Crippen molar-refractivity contribution in [2.75, 3.05) is 9.44 Å². The second-order valence-electron chi connectivity index (χ2n) is 7.98. The van der Waals surface area contributed by atoms with Crippen molar-refractivity contribution in [1.29, 1.82) is 0 Å². The molecule has 0 saturated heterocycles. The third-order valence-electron chi connectivity index (χ3n) is 4.57. The molecule has 2 N–H and O–H groups in total. The zero-order chi connectivity index (χ0) is 22.9. The number of halogens is 1. The van der Waals surface area contributed by atoms with Gasteiger partial charge in [-0.3, -0.25) is 9.44 Å². The molecule has 0 spiro atoms. The van der Waals surface area contributed by atoms with Crippen molar-refractivity contribution >= 4 is 31.4 Å². The van der Waals surface area contributed by atoms with Crippen molar-refractivity contribution in [1.82, 2.24) is 0 Å². The molecule has 3 rings (SSSR count). The Bertz CT molecular complexity index is 1280. The van der Waals surface area contributed by atoms with Gasteiger partial charge in [0.25, 0.3) is 20.0 Å². The van der Waals surface area contributed by atoms with Crippen LogP contribution in [0.4, 0.5) is 15.8 Å². The molecule has 0 aliphatic heterocycles.